The van der Waals surface area contributed by atoms with Gasteiger partial charge in [0.05, 0.1) is 13.2 Å². The number of hydrogen-bond acceptors (Lipinski definition) is 3. The van der Waals surface area contributed by atoms with Gasteiger partial charge in [0.25, 0.3) is 0 Å². The molecule has 0 radical (unpaired) electrons. The van der Waals surface area contributed by atoms with E-state index in [2.05, 4.69) is 39.8 Å². The topological polar surface area (TPSA) is 53.6 Å². The maximum Gasteiger partial charge on any atom is 0.315 e. The first-order valence-corrected chi connectivity index (χ1v) is 8.27. The lowest BCUT2D eigenvalue weighted by atomic mass is 10.2. The quantitative estimate of drug-likeness (QED) is 0.897. The molecule has 22 heavy (non-hydrogen) atoms. The standard InChI is InChI=1S/C17H25N3O2/c21-17(19-15-3-1-2-4-15)18-13-14-5-7-16(8-6-14)20-9-11-22-12-10-20/h5-8,15H,1-4,9-13H2,(H2,18,19,21). The van der Waals surface area contributed by atoms with Crippen molar-refractivity contribution in [3.8, 4) is 0 Å². The highest BCUT2D eigenvalue weighted by Gasteiger charge is 2.16. The van der Waals surface area contributed by atoms with Crippen LogP contribution in [0.2, 0.25) is 0 Å². The minimum atomic E-state index is -0.0517. The molecule has 2 aliphatic rings. The van der Waals surface area contributed by atoms with E-state index >= 15 is 0 Å². The second-order valence-corrected chi connectivity index (χ2v) is 6.07. The van der Waals surface area contributed by atoms with Crippen molar-refractivity contribution in [2.24, 2.45) is 0 Å². The summed E-state index contributed by atoms with van der Waals surface area (Å²) in [5.74, 6) is 0. The fourth-order valence-corrected chi connectivity index (χ4v) is 3.14. The fraction of sp³-hybridized carbons (Fsp3) is 0.588. The number of anilines is 1. The van der Waals surface area contributed by atoms with Gasteiger partial charge >= 0.3 is 6.03 Å². The number of carbonyl (C=O) groups is 1. The van der Waals surface area contributed by atoms with E-state index in [4.69, 9.17) is 4.74 Å². The molecule has 0 bridgehead atoms. The van der Waals surface area contributed by atoms with Crippen molar-refractivity contribution >= 4 is 11.7 Å². The Bertz CT molecular complexity index is 477. The van der Waals surface area contributed by atoms with Crippen LogP contribution in [-0.2, 0) is 11.3 Å². The summed E-state index contributed by atoms with van der Waals surface area (Å²) >= 11 is 0. The van der Waals surface area contributed by atoms with Crippen LogP contribution in [0.3, 0.4) is 0 Å². The Kier molecular flexibility index (Phi) is 5.16. The predicted molar refractivity (Wildman–Crippen MR) is 87.1 cm³/mol. The molecule has 0 unspecified atom stereocenters. The Hall–Kier alpha value is -1.75. The van der Waals surface area contributed by atoms with E-state index < -0.39 is 0 Å². The monoisotopic (exact) mass is 303 g/mol. The number of rotatable bonds is 4. The highest BCUT2D eigenvalue weighted by Crippen LogP contribution is 2.18. The zero-order chi connectivity index (χ0) is 15.2. The van der Waals surface area contributed by atoms with Crippen LogP contribution in [0.5, 0.6) is 0 Å². The molecule has 0 aromatic heterocycles. The number of amides is 2. The van der Waals surface area contributed by atoms with Crippen molar-refractivity contribution in [1.82, 2.24) is 10.6 Å². The van der Waals surface area contributed by atoms with Crippen molar-refractivity contribution in [3.63, 3.8) is 0 Å². The van der Waals surface area contributed by atoms with Gasteiger partial charge in [-0.2, -0.15) is 0 Å². The molecule has 3 rings (SSSR count). The summed E-state index contributed by atoms with van der Waals surface area (Å²) in [6.07, 6.45) is 4.69. The second-order valence-electron chi connectivity index (χ2n) is 6.07. The van der Waals surface area contributed by atoms with Gasteiger partial charge in [0.15, 0.2) is 0 Å². The van der Waals surface area contributed by atoms with E-state index in [9.17, 15) is 4.79 Å². The first-order valence-electron chi connectivity index (χ1n) is 8.27. The SMILES string of the molecule is O=C(NCc1ccc(N2CCOCC2)cc1)NC1CCCC1. The largest absolute Gasteiger partial charge is 0.378 e. The highest BCUT2D eigenvalue weighted by atomic mass is 16.5. The third-order valence-corrected chi connectivity index (χ3v) is 4.46. The molecule has 1 saturated heterocycles. The molecule has 2 N–H and O–H groups in total. The van der Waals surface area contributed by atoms with Crippen molar-refractivity contribution < 1.29 is 9.53 Å². The van der Waals surface area contributed by atoms with E-state index in [0.29, 0.717) is 12.6 Å². The third kappa shape index (κ3) is 4.13. The molecule has 1 aliphatic carbocycles. The maximum absolute atomic E-state index is 11.8. The summed E-state index contributed by atoms with van der Waals surface area (Å²) in [4.78, 5) is 14.2. The minimum Gasteiger partial charge on any atom is -0.378 e. The lowest BCUT2D eigenvalue weighted by molar-refractivity contribution is 0.122. The van der Waals surface area contributed by atoms with Crippen molar-refractivity contribution in [2.75, 3.05) is 31.2 Å². The summed E-state index contributed by atoms with van der Waals surface area (Å²) in [6, 6.07) is 8.73. The summed E-state index contributed by atoms with van der Waals surface area (Å²) in [5.41, 5.74) is 2.35. The van der Waals surface area contributed by atoms with E-state index in [1.54, 1.807) is 0 Å². The molecular formula is C17H25N3O2. The van der Waals surface area contributed by atoms with Gasteiger partial charge in [-0.25, -0.2) is 4.79 Å². The van der Waals surface area contributed by atoms with Crippen LogP contribution in [0.1, 0.15) is 31.2 Å². The number of morpholine rings is 1. The molecule has 1 aromatic carbocycles. The van der Waals surface area contributed by atoms with Crippen molar-refractivity contribution in [1.29, 1.82) is 0 Å². The van der Waals surface area contributed by atoms with Crippen LogP contribution in [-0.4, -0.2) is 38.4 Å². The van der Waals surface area contributed by atoms with E-state index in [1.165, 1.54) is 18.5 Å². The maximum atomic E-state index is 11.8. The van der Waals surface area contributed by atoms with Gasteiger partial charge < -0.3 is 20.3 Å². The van der Waals surface area contributed by atoms with Gasteiger partial charge in [-0.1, -0.05) is 25.0 Å². The molecule has 5 heteroatoms. The average Bonchev–Trinajstić information content (AvgIpc) is 3.07. The number of benzene rings is 1. The Balaban J connectivity index is 1.45. The summed E-state index contributed by atoms with van der Waals surface area (Å²) in [7, 11) is 0. The molecule has 120 valence electrons. The zero-order valence-corrected chi connectivity index (χ0v) is 13.0. The van der Waals surface area contributed by atoms with Crippen LogP contribution in [0.4, 0.5) is 10.5 Å². The number of nitrogens with zero attached hydrogens (tertiary/aromatic N) is 1. The first kappa shape index (κ1) is 15.2. The zero-order valence-electron chi connectivity index (χ0n) is 13.0. The van der Waals surface area contributed by atoms with Gasteiger partial charge in [0.1, 0.15) is 0 Å². The molecule has 2 amide bonds. The van der Waals surface area contributed by atoms with Crippen LogP contribution < -0.4 is 15.5 Å². The molecule has 0 atom stereocenters. The Morgan fingerprint density at radius 1 is 1.14 bits per heavy atom. The van der Waals surface area contributed by atoms with Crippen LogP contribution >= 0.6 is 0 Å². The van der Waals surface area contributed by atoms with Crippen LogP contribution in [0.15, 0.2) is 24.3 Å². The molecule has 1 aliphatic heterocycles. The van der Waals surface area contributed by atoms with Gasteiger partial charge in [-0.3, -0.25) is 0 Å². The highest BCUT2D eigenvalue weighted by molar-refractivity contribution is 5.74. The van der Waals surface area contributed by atoms with Gasteiger partial charge in [0, 0.05) is 31.4 Å². The molecule has 5 nitrogen and oxygen atoms in total. The molecule has 0 spiro atoms. The Morgan fingerprint density at radius 3 is 2.50 bits per heavy atom. The van der Waals surface area contributed by atoms with Gasteiger partial charge in [-0.15, -0.1) is 0 Å². The van der Waals surface area contributed by atoms with Crippen molar-refractivity contribution in [3.05, 3.63) is 29.8 Å². The molecule has 1 heterocycles. The smallest absolute Gasteiger partial charge is 0.315 e. The van der Waals surface area contributed by atoms with E-state index in [0.717, 1.165) is 44.7 Å². The molecule has 2 fully saturated rings. The van der Waals surface area contributed by atoms with Gasteiger partial charge in [-0.05, 0) is 30.5 Å². The normalized spacial score (nSPS) is 19.2. The minimum absolute atomic E-state index is 0.0517. The van der Waals surface area contributed by atoms with E-state index in [1.807, 2.05) is 0 Å². The number of nitrogens with one attached hydrogen (secondary N) is 2. The molecule has 1 saturated carbocycles. The Morgan fingerprint density at radius 2 is 1.82 bits per heavy atom. The third-order valence-electron chi connectivity index (χ3n) is 4.46. The average molecular weight is 303 g/mol. The molecule has 1 aromatic rings. The van der Waals surface area contributed by atoms with Gasteiger partial charge in [0.2, 0.25) is 0 Å². The fourth-order valence-electron chi connectivity index (χ4n) is 3.14. The second kappa shape index (κ2) is 7.49. The molecular weight excluding hydrogens is 278 g/mol. The Labute approximate surface area is 132 Å². The van der Waals surface area contributed by atoms with Crippen LogP contribution in [0.25, 0.3) is 0 Å². The summed E-state index contributed by atoms with van der Waals surface area (Å²) < 4.78 is 5.37. The number of hydrogen-bond donors (Lipinski definition) is 2. The lowest BCUT2D eigenvalue weighted by Gasteiger charge is -2.28. The first-order chi connectivity index (χ1) is 10.8. The lowest BCUT2D eigenvalue weighted by Crippen LogP contribution is -2.40. The number of carbonyl (C=O) groups excluding carboxylic acids is 1. The summed E-state index contributed by atoms with van der Waals surface area (Å²) in [6.45, 7) is 4.06. The summed E-state index contributed by atoms with van der Waals surface area (Å²) in [5, 5.41) is 5.98. The predicted octanol–water partition coefficient (Wildman–Crippen LogP) is 2.26. The number of ether oxygens (including phenoxy) is 1. The van der Waals surface area contributed by atoms with Crippen molar-refractivity contribution in [2.45, 2.75) is 38.3 Å². The van der Waals surface area contributed by atoms with E-state index in [-0.39, 0.29) is 6.03 Å². The van der Waals surface area contributed by atoms with Crippen LogP contribution in [0, 0.1) is 0 Å². The number of urea groups is 1.